The van der Waals surface area contributed by atoms with Crippen molar-refractivity contribution < 1.29 is 14.3 Å². The molecule has 26 heavy (non-hydrogen) atoms. The molecule has 2 aromatic rings. The van der Waals surface area contributed by atoms with Crippen molar-refractivity contribution in [1.82, 2.24) is 20.4 Å². The summed E-state index contributed by atoms with van der Waals surface area (Å²) in [7, 11) is 0. The molecule has 0 atom stereocenters. The normalized spacial score (nSPS) is 14.3. The predicted molar refractivity (Wildman–Crippen MR) is 103 cm³/mol. The highest BCUT2D eigenvalue weighted by Gasteiger charge is 2.21. The van der Waals surface area contributed by atoms with E-state index in [1.807, 2.05) is 13.1 Å². The minimum absolute atomic E-state index is 0.374. The van der Waals surface area contributed by atoms with Gasteiger partial charge in [-0.2, -0.15) is 0 Å². The van der Waals surface area contributed by atoms with Crippen molar-refractivity contribution in [3.05, 3.63) is 33.0 Å². The largest absolute Gasteiger partial charge is 0.378 e. The van der Waals surface area contributed by atoms with Crippen molar-refractivity contribution in [3.8, 4) is 0 Å². The molecule has 2 N–H and O–H groups in total. The summed E-state index contributed by atoms with van der Waals surface area (Å²) in [6, 6.07) is 1.71. The maximum absolute atomic E-state index is 12.4. The Morgan fingerprint density at radius 2 is 2.00 bits per heavy atom. The van der Waals surface area contributed by atoms with Gasteiger partial charge < -0.3 is 14.2 Å². The third-order valence-electron chi connectivity index (χ3n) is 4.00. The van der Waals surface area contributed by atoms with E-state index in [0.29, 0.717) is 36.0 Å². The van der Waals surface area contributed by atoms with Gasteiger partial charge in [0.25, 0.3) is 11.8 Å². The third-order valence-corrected chi connectivity index (χ3v) is 5.65. The average molecular weight is 442 g/mol. The van der Waals surface area contributed by atoms with Crippen LogP contribution in [-0.2, 0) is 11.3 Å². The van der Waals surface area contributed by atoms with Gasteiger partial charge in [-0.15, -0.1) is 0 Å². The number of hydrazine groups is 1. The zero-order valence-electron chi connectivity index (χ0n) is 14.5. The molecule has 0 radical (unpaired) electrons. The van der Waals surface area contributed by atoms with Crippen LogP contribution in [0.4, 0.5) is 5.13 Å². The number of aryl methyl sites for hydroxylation is 2. The fourth-order valence-corrected chi connectivity index (χ4v) is 4.12. The Bertz CT molecular complexity index is 813. The second kappa shape index (κ2) is 8.19. The first-order valence-corrected chi connectivity index (χ1v) is 9.87. The smallest absolute Gasteiger partial charge is 0.286 e. The molecule has 2 amide bonds. The van der Waals surface area contributed by atoms with Gasteiger partial charge in [-0.1, -0.05) is 11.3 Å². The lowest BCUT2D eigenvalue weighted by molar-refractivity contribution is 0.0843. The zero-order valence-corrected chi connectivity index (χ0v) is 16.9. The van der Waals surface area contributed by atoms with E-state index < -0.39 is 0 Å². The van der Waals surface area contributed by atoms with Crippen LogP contribution < -0.4 is 15.8 Å². The summed E-state index contributed by atoms with van der Waals surface area (Å²) < 4.78 is 7.94. The molecule has 0 bridgehead atoms. The molecule has 0 aromatic carbocycles. The van der Waals surface area contributed by atoms with Gasteiger partial charge >= 0.3 is 0 Å². The number of ether oxygens (including phenoxy) is 1. The highest BCUT2D eigenvalue weighted by molar-refractivity contribution is 9.10. The molecule has 1 saturated heterocycles. The summed E-state index contributed by atoms with van der Waals surface area (Å²) >= 11 is 4.67. The molecular formula is C16H20BrN5O3S. The molecule has 1 aliphatic heterocycles. The van der Waals surface area contributed by atoms with Crippen molar-refractivity contribution in [2.45, 2.75) is 20.4 Å². The SMILES string of the molecule is CCn1cc(Br)cc1C(=O)NNC(=O)c1sc(N2CCOCC2)nc1C. The Balaban J connectivity index is 1.64. The Labute approximate surface area is 163 Å². The van der Waals surface area contributed by atoms with E-state index in [1.165, 1.54) is 11.3 Å². The highest BCUT2D eigenvalue weighted by Crippen LogP contribution is 2.26. The van der Waals surface area contributed by atoms with Crippen molar-refractivity contribution in [2.24, 2.45) is 0 Å². The van der Waals surface area contributed by atoms with Crippen molar-refractivity contribution >= 4 is 44.2 Å². The Hall–Kier alpha value is -1.91. The number of hydrogen-bond acceptors (Lipinski definition) is 6. The summed E-state index contributed by atoms with van der Waals surface area (Å²) in [5.74, 6) is -0.747. The van der Waals surface area contributed by atoms with Crippen molar-refractivity contribution in [1.29, 1.82) is 0 Å². The molecule has 8 nitrogen and oxygen atoms in total. The van der Waals surface area contributed by atoms with Crippen molar-refractivity contribution in [2.75, 3.05) is 31.2 Å². The number of nitrogens with zero attached hydrogens (tertiary/aromatic N) is 3. The number of halogens is 1. The summed E-state index contributed by atoms with van der Waals surface area (Å²) in [6.45, 7) is 7.21. The predicted octanol–water partition coefficient (Wildman–Crippen LogP) is 1.95. The fraction of sp³-hybridized carbons (Fsp3) is 0.438. The van der Waals surface area contributed by atoms with E-state index in [1.54, 1.807) is 17.6 Å². The van der Waals surface area contributed by atoms with Crippen LogP contribution in [0.25, 0.3) is 0 Å². The first kappa shape index (κ1) is 18.9. The minimum atomic E-state index is -0.374. The number of amides is 2. The standard InChI is InChI=1S/C16H20BrN5O3S/c1-3-21-9-11(17)8-12(21)14(23)19-20-15(24)13-10(2)18-16(26-13)22-4-6-25-7-5-22/h8-9H,3-7H2,1-2H3,(H,19,23)(H,20,24). The number of aromatic nitrogens is 2. The van der Waals surface area contributed by atoms with Crippen LogP contribution in [0.15, 0.2) is 16.7 Å². The van der Waals surface area contributed by atoms with Gasteiger partial charge in [-0.25, -0.2) is 4.98 Å². The van der Waals surface area contributed by atoms with Crippen LogP contribution in [0, 0.1) is 6.92 Å². The molecule has 2 aromatic heterocycles. The Morgan fingerprint density at radius 3 is 2.69 bits per heavy atom. The molecule has 10 heteroatoms. The van der Waals surface area contributed by atoms with Gasteiger partial charge in [0.1, 0.15) is 10.6 Å². The number of carbonyl (C=O) groups excluding carboxylic acids is 2. The van der Waals surface area contributed by atoms with Crippen LogP contribution in [0.2, 0.25) is 0 Å². The number of anilines is 1. The van der Waals surface area contributed by atoms with Gasteiger partial charge in [-0.05, 0) is 35.8 Å². The summed E-state index contributed by atoms with van der Waals surface area (Å²) in [6.07, 6.45) is 1.82. The summed E-state index contributed by atoms with van der Waals surface area (Å²) in [5.41, 5.74) is 6.05. The van der Waals surface area contributed by atoms with E-state index in [-0.39, 0.29) is 11.8 Å². The number of morpholine rings is 1. The molecular weight excluding hydrogens is 422 g/mol. The van der Waals surface area contributed by atoms with Gasteiger partial charge in [-0.3, -0.25) is 20.4 Å². The lowest BCUT2D eigenvalue weighted by atomic mass is 10.4. The number of carbonyl (C=O) groups is 2. The molecule has 1 aliphatic rings. The lowest BCUT2D eigenvalue weighted by Crippen LogP contribution is -2.42. The fourth-order valence-electron chi connectivity index (χ4n) is 2.64. The number of nitrogens with one attached hydrogen (secondary N) is 2. The topological polar surface area (TPSA) is 88.5 Å². The monoisotopic (exact) mass is 441 g/mol. The molecule has 140 valence electrons. The molecule has 3 rings (SSSR count). The molecule has 0 spiro atoms. The van der Waals surface area contributed by atoms with E-state index in [9.17, 15) is 9.59 Å². The summed E-state index contributed by atoms with van der Waals surface area (Å²) in [4.78, 5) is 31.8. The maximum atomic E-state index is 12.4. The zero-order chi connectivity index (χ0) is 18.7. The van der Waals surface area contributed by atoms with Crippen molar-refractivity contribution in [3.63, 3.8) is 0 Å². The second-order valence-corrected chi connectivity index (χ2v) is 7.64. The summed E-state index contributed by atoms with van der Waals surface area (Å²) in [5, 5.41) is 0.797. The first-order valence-electron chi connectivity index (χ1n) is 8.26. The van der Waals surface area contributed by atoms with Crippen LogP contribution in [0.3, 0.4) is 0 Å². The minimum Gasteiger partial charge on any atom is -0.378 e. The van der Waals surface area contributed by atoms with E-state index in [4.69, 9.17) is 4.74 Å². The van der Waals surface area contributed by atoms with Gasteiger partial charge in [0.2, 0.25) is 0 Å². The highest BCUT2D eigenvalue weighted by atomic mass is 79.9. The number of thiazole rings is 1. The number of hydrogen-bond donors (Lipinski definition) is 2. The quantitative estimate of drug-likeness (QED) is 0.707. The third kappa shape index (κ3) is 4.08. The van der Waals surface area contributed by atoms with Crippen LogP contribution in [0.5, 0.6) is 0 Å². The van der Waals surface area contributed by atoms with E-state index >= 15 is 0 Å². The molecule has 0 aliphatic carbocycles. The molecule has 0 saturated carbocycles. The Morgan fingerprint density at radius 1 is 1.31 bits per heavy atom. The van der Waals surface area contributed by atoms with E-state index in [2.05, 4.69) is 36.7 Å². The van der Waals surface area contributed by atoms with Crippen LogP contribution in [-0.4, -0.2) is 47.7 Å². The Kier molecular flexibility index (Phi) is 5.94. The first-order chi connectivity index (χ1) is 12.5. The second-order valence-electron chi connectivity index (χ2n) is 5.75. The molecule has 1 fully saturated rings. The average Bonchev–Trinajstić information content (AvgIpc) is 3.22. The number of rotatable bonds is 4. The van der Waals surface area contributed by atoms with Gasteiger partial charge in [0.15, 0.2) is 5.13 Å². The van der Waals surface area contributed by atoms with E-state index in [0.717, 1.165) is 22.7 Å². The van der Waals surface area contributed by atoms with Crippen LogP contribution in [0.1, 0.15) is 32.8 Å². The van der Waals surface area contributed by atoms with Gasteiger partial charge in [0, 0.05) is 30.3 Å². The molecule has 0 unspecified atom stereocenters. The lowest BCUT2D eigenvalue weighted by Gasteiger charge is -2.25. The van der Waals surface area contributed by atoms with Gasteiger partial charge in [0.05, 0.1) is 18.9 Å². The molecule has 3 heterocycles. The van der Waals surface area contributed by atoms with Crippen LogP contribution >= 0.6 is 27.3 Å². The maximum Gasteiger partial charge on any atom is 0.286 e.